The minimum atomic E-state index is -0.803. The maximum absolute atomic E-state index is 11.4. The van der Waals surface area contributed by atoms with Crippen LogP contribution in [0.1, 0.15) is 23.7 Å². The van der Waals surface area contributed by atoms with Crippen molar-refractivity contribution in [2.45, 2.75) is 27.3 Å². The van der Waals surface area contributed by atoms with E-state index >= 15 is 0 Å². The third kappa shape index (κ3) is 2.27. The molecule has 2 N–H and O–H groups in total. The van der Waals surface area contributed by atoms with Gasteiger partial charge in [0.1, 0.15) is 11.9 Å². The Hall–Kier alpha value is -1.28. The predicted molar refractivity (Wildman–Crippen MR) is 66.6 cm³/mol. The number of nitrogens with zero attached hydrogens (tertiary/aromatic N) is 2. The summed E-state index contributed by atoms with van der Waals surface area (Å²) < 4.78 is 13.2. The van der Waals surface area contributed by atoms with Gasteiger partial charge in [-0.1, -0.05) is 6.92 Å². The van der Waals surface area contributed by atoms with Crippen molar-refractivity contribution >= 4 is 16.6 Å². The number of rotatable bonds is 4. The van der Waals surface area contributed by atoms with E-state index in [1.165, 1.54) is 0 Å². The van der Waals surface area contributed by atoms with Crippen molar-refractivity contribution in [1.82, 2.24) is 4.57 Å². The lowest BCUT2D eigenvalue weighted by Crippen LogP contribution is -2.12. The summed E-state index contributed by atoms with van der Waals surface area (Å²) in [6, 6.07) is 2.10. The van der Waals surface area contributed by atoms with E-state index in [0.29, 0.717) is 29.4 Å². The number of nitrogens with two attached hydrogens (primary N) is 1. The molecule has 1 unspecified atom stereocenters. The molecule has 4 nitrogen and oxygen atoms in total. The van der Waals surface area contributed by atoms with Crippen LogP contribution in [-0.4, -0.2) is 20.3 Å². The van der Waals surface area contributed by atoms with E-state index in [4.69, 9.17) is 11.0 Å². The first-order valence-corrected chi connectivity index (χ1v) is 6.71. The maximum atomic E-state index is 11.4. The van der Waals surface area contributed by atoms with Crippen LogP contribution in [0.2, 0.25) is 0 Å². The van der Waals surface area contributed by atoms with E-state index in [2.05, 4.69) is 6.07 Å². The number of hydrogen-bond donors (Lipinski definition) is 1. The van der Waals surface area contributed by atoms with E-state index in [1.54, 1.807) is 0 Å². The van der Waals surface area contributed by atoms with Crippen LogP contribution in [0.15, 0.2) is 0 Å². The third-order valence-electron chi connectivity index (χ3n) is 2.85. The normalized spacial score (nSPS) is 12.4. The molecular weight excluding hydrogens is 222 g/mol. The number of hydrogen-bond acceptors (Lipinski definition) is 3. The fraction of sp³-hybridized carbons (Fsp3) is 0.545. The molecule has 1 aromatic heterocycles. The van der Waals surface area contributed by atoms with Gasteiger partial charge in [-0.3, -0.25) is 4.21 Å². The van der Waals surface area contributed by atoms with E-state index in [-0.39, 0.29) is 0 Å². The standard InChI is InChI=1S/C11H17N3OS/c1-4-16(15)6-5-14-9(3)8(2)10(7-12)11(14)13/h4-6,13H2,1-3H3. The second-order valence-corrected chi connectivity index (χ2v) is 5.53. The first-order chi connectivity index (χ1) is 7.52. The van der Waals surface area contributed by atoms with Crippen molar-refractivity contribution in [2.75, 3.05) is 17.2 Å². The number of nitrogen functional groups attached to an aromatic ring is 1. The van der Waals surface area contributed by atoms with Crippen molar-refractivity contribution in [3.63, 3.8) is 0 Å². The van der Waals surface area contributed by atoms with Crippen LogP contribution in [0.3, 0.4) is 0 Å². The first-order valence-electron chi connectivity index (χ1n) is 5.23. The Kier molecular flexibility index (Phi) is 4.13. The maximum Gasteiger partial charge on any atom is 0.122 e. The summed E-state index contributed by atoms with van der Waals surface area (Å²) in [4.78, 5) is 0. The van der Waals surface area contributed by atoms with Crippen LogP contribution >= 0.6 is 0 Å². The molecule has 0 saturated heterocycles. The summed E-state index contributed by atoms with van der Waals surface area (Å²) in [5, 5.41) is 8.96. The summed E-state index contributed by atoms with van der Waals surface area (Å²) in [7, 11) is -0.803. The Bertz CT molecular complexity index is 457. The number of nitriles is 1. The first kappa shape index (κ1) is 12.8. The zero-order valence-corrected chi connectivity index (χ0v) is 10.7. The lowest BCUT2D eigenvalue weighted by atomic mass is 10.2. The third-order valence-corrected chi connectivity index (χ3v) is 4.13. The highest BCUT2D eigenvalue weighted by Crippen LogP contribution is 2.23. The zero-order valence-electron chi connectivity index (χ0n) is 9.91. The highest BCUT2D eigenvalue weighted by Gasteiger charge is 2.14. The van der Waals surface area contributed by atoms with Crippen molar-refractivity contribution in [2.24, 2.45) is 0 Å². The molecule has 0 aliphatic carbocycles. The lowest BCUT2D eigenvalue weighted by Gasteiger charge is -2.08. The van der Waals surface area contributed by atoms with Crippen LogP contribution < -0.4 is 5.73 Å². The fourth-order valence-electron chi connectivity index (χ4n) is 1.66. The number of aromatic nitrogens is 1. The van der Waals surface area contributed by atoms with E-state index in [0.717, 1.165) is 11.3 Å². The molecule has 0 aliphatic rings. The van der Waals surface area contributed by atoms with E-state index < -0.39 is 10.8 Å². The molecule has 0 aliphatic heterocycles. The minimum Gasteiger partial charge on any atom is -0.384 e. The van der Waals surface area contributed by atoms with E-state index in [1.807, 2.05) is 25.3 Å². The molecular formula is C11H17N3OS. The van der Waals surface area contributed by atoms with Gasteiger partial charge in [0, 0.05) is 34.5 Å². The molecule has 16 heavy (non-hydrogen) atoms. The molecule has 1 rings (SSSR count). The van der Waals surface area contributed by atoms with Gasteiger partial charge in [0.15, 0.2) is 0 Å². The van der Waals surface area contributed by atoms with Gasteiger partial charge in [0.05, 0.1) is 5.56 Å². The molecule has 0 aromatic carbocycles. The van der Waals surface area contributed by atoms with Crippen LogP contribution in [-0.2, 0) is 17.3 Å². The van der Waals surface area contributed by atoms with Gasteiger partial charge < -0.3 is 10.3 Å². The van der Waals surface area contributed by atoms with Crippen molar-refractivity contribution < 1.29 is 4.21 Å². The summed E-state index contributed by atoms with van der Waals surface area (Å²) in [6.45, 7) is 6.33. The number of anilines is 1. The van der Waals surface area contributed by atoms with Gasteiger partial charge in [-0.25, -0.2) is 0 Å². The summed E-state index contributed by atoms with van der Waals surface area (Å²) in [6.07, 6.45) is 0. The molecule has 0 fully saturated rings. The van der Waals surface area contributed by atoms with Gasteiger partial charge in [-0.05, 0) is 19.4 Å². The molecule has 1 atom stereocenters. The Balaban J connectivity index is 2.98. The summed E-state index contributed by atoms with van der Waals surface area (Å²) >= 11 is 0. The Morgan fingerprint density at radius 3 is 2.56 bits per heavy atom. The molecule has 1 heterocycles. The van der Waals surface area contributed by atoms with E-state index in [9.17, 15) is 4.21 Å². The highest BCUT2D eigenvalue weighted by molar-refractivity contribution is 7.84. The molecule has 88 valence electrons. The second-order valence-electron chi connectivity index (χ2n) is 3.67. The summed E-state index contributed by atoms with van der Waals surface area (Å²) in [5.41, 5.74) is 8.33. The van der Waals surface area contributed by atoms with Crippen molar-refractivity contribution in [3.05, 3.63) is 16.8 Å². The smallest absolute Gasteiger partial charge is 0.122 e. The van der Waals surface area contributed by atoms with Gasteiger partial charge in [-0.2, -0.15) is 5.26 Å². The van der Waals surface area contributed by atoms with Crippen LogP contribution in [0.5, 0.6) is 0 Å². The zero-order chi connectivity index (χ0) is 12.3. The fourth-order valence-corrected chi connectivity index (χ4v) is 2.33. The van der Waals surface area contributed by atoms with Gasteiger partial charge in [0.2, 0.25) is 0 Å². The van der Waals surface area contributed by atoms with Gasteiger partial charge in [0.25, 0.3) is 0 Å². The topological polar surface area (TPSA) is 71.8 Å². The largest absolute Gasteiger partial charge is 0.384 e. The SMILES string of the molecule is CCS(=O)CCn1c(C)c(C)c(C#N)c1N. The molecule has 0 bridgehead atoms. The Morgan fingerprint density at radius 2 is 2.12 bits per heavy atom. The Labute approximate surface area is 98.5 Å². The van der Waals surface area contributed by atoms with Crippen molar-refractivity contribution in [3.8, 4) is 6.07 Å². The minimum absolute atomic E-state index is 0.491. The van der Waals surface area contributed by atoms with Crippen molar-refractivity contribution in [1.29, 1.82) is 5.26 Å². The van der Waals surface area contributed by atoms with Crippen LogP contribution in [0.25, 0.3) is 0 Å². The molecule has 0 radical (unpaired) electrons. The molecule has 0 spiro atoms. The predicted octanol–water partition coefficient (Wildman–Crippen LogP) is 1.33. The van der Waals surface area contributed by atoms with Crippen LogP contribution in [0.4, 0.5) is 5.82 Å². The Morgan fingerprint density at radius 1 is 1.50 bits per heavy atom. The average Bonchev–Trinajstić information content (AvgIpc) is 2.48. The monoisotopic (exact) mass is 239 g/mol. The van der Waals surface area contributed by atoms with Crippen LogP contribution in [0, 0.1) is 25.2 Å². The molecule has 0 amide bonds. The quantitative estimate of drug-likeness (QED) is 0.861. The summed E-state index contributed by atoms with van der Waals surface area (Å²) in [5.74, 6) is 1.73. The molecule has 0 saturated carbocycles. The average molecular weight is 239 g/mol. The lowest BCUT2D eigenvalue weighted by molar-refractivity contribution is 0.673. The second kappa shape index (κ2) is 5.17. The van der Waals surface area contributed by atoms with Gasteiger partial charge >= 0.3 is 0 Å². The molecule has 1 aromatic rings. The van der Waals surface area contributed by atoms with Gasteiger partial charge in [-0.15, -0.1) is 0 Å². The molecule has 5 heteroatoms. The highest BCUT2D eigenvalue weighted by atomic mass is 32.2.